The molecule has 1 aliphatic carbocycles. The Hall–Kier alpha value is -3.24. The van der Waals surface area contributed by atoms with Gasteiger partial charge in [-0.15, -0.1) is 0 Å². The first-order valence-electron chi connectivity index (χ1n) is 9.86. The number of benzene rings is 1. The Morgan fingerprint density at radius 1 is 1.28 bits per heavy atom. The molecule has 1 saturated carbocycles. The van der Waals surface area contributed by atoms with Gasteiger partial charge in [0.1, 0.15) is 17.6 Å². The Balaban J connectivity index is 1.50. The van der Waals surface area contributed by atoms with Crippen molar-refractivity contribution in [2.24, 2.45) is 5.92 Å². The van der Waals surface area contributed by atoms with E-state index in [1.165, 1.54) is 19.3 Å². The molecule has 4 rings (SSSR count). The molecule has 0 unspecified atom stereocenters. The second-order valence-electron chi connectivity index (χ2n) is 7.30. The third kappa shape index (κ3) is 4.61. The monoisotopic (exact) mass is 389 g/mol. The SMILES string of the molecule is N#Cc1cc(-c2ccnc(Cc3cnn(CCO)c3)n2)ccc1OCC1CCC1. The van der Waals surface area contributed by atoms with Crippen molar-refractivity contribution in [2.45, 2.75) is 32.2 Å². The molecule has 0 amide bonds. The van der Waals surface area contributed by atoms with Crippen LogP contribution in [0.4, 0.5) is 0 Å². The van der Waals surface area contributed by atoms with Crippen LogP contribution in [0.15, 0.2) is 42.9 Å². The number of hydrogen-bond donors (Lipinski definition) is 1. The average molecular weight is 389 g/mol. The van der Waals surface area contributed by atoms with Gasteiger partial charge in [0.15, 0.2) is 0 Å². The minimum atomic E-state index is 0.0503. The zero-order valence-corrected chi connectivity index (χ0v) is 16.2. The quantitative estimate of drug-likeness (QED) is 0.636. The highest BCUT2D eigenvalue weighted by molar-refractivity contribution is 5.64. The molecule has 3 aromatic rings. The summed E-state index contributed by atoms with van der Waals surface area (Å²) < 4.78 is 7.56. The van der Waals surface area contributed by atoms with E-state index >= 15 is 0 Å². The van der Waals surface area contributed by atoms with Gasteiger partial charge in [0.2, 0.25) is 0 Å². The van der Waals surface area contributed by atoms with Gasteiger partial charge in [-0.3, -0.25) is 4.68 Å². The van der Waals surface area contributed by atoms with Gasteiger partial charge in [0, 0.05) is 24.4 Å². The minimum Gasteiger partial charge on any atom is -0.492 e. The van der Waals surface area contributed by atoms with Gasteiger partial charge < -0.3 is 9.84 Å². The van der Waals surface area contributed by atoms with Crippen molar-refractivity contribution in [3.05, 3.63) is 59.8 Å². The lowest BCUT2D eigenvalue weighted by Gasteiger charge is -2.25. The number of rotatable bonds is 8. The van der Waals surface area contributed by atoms with Crippen LogP contribution < -0.4 is 4.74 Å². The summed E-state index contributed by atoms with van der Waals surface area (Å²) in [5, 5.41) is 22.7. The van der Waals surface area contributed by atoms with Gasteiger partial charge in [-0.05, 0) is 48.6 Å². The average Bonchev–Trinajstić information content (AvgIpc) is 3.14. The number of nitriles is 1. The molecule has 2 aromatic heterocycles. The maximum absolute atomic E-state index is 9.53. The molecule has 148 valence electrons. The third-order valence-corrected chi connectivity index (χ3v) is 5.18. The fourth-order valence-corrected chi connectivity index (χ4v) is 3.32. The Labute approximate surface area is 169 Å². The molecule has 0 saturated heterocycles. The molecule has 1 fully saturated rings. The largest absolute Gasteiger partial charge is 0.492 e. The summed E-state index contributed by atoms with van der Waals surface area (Å²) in [7, 11) is 0. The van der Waals surface area contributed by atoms with Gasteiger partial charge in [0.25, 0.3) is 0 Å². The number of ether oxygens (including phenoxy) is 1. The first-order chi connectivity index (χ1) is 14.2. The van der Waals surface area contributed by atoms with E-state index in [0.29, 0.717) is 42.6 Å². The first kappa shape index (κ1) is 19.1. The van der Waals surface area contributed by atoms with E-state index < -0.39 is 0 Å². The Morgan fingerprint density at radius 2 is 2.17 bits per heavy atom. The first-order valence-corrected chi connectivity index (χ1v) is 9.86. The molecule has 7 nitrogen and oxygen atoms in total. The molecule has 1 aliphatic rings. The van der Waals surface area contributed by atoms with E-state index in [1.54, 1.807) is 17.1 Å². The third-order valence-electron chi connectivity index (χ3n) is 5.18. The van der Waals surface area contributed by atoms with E-state index in [1.807, 2.05) is 30.5 Å². The fourth-order valence-electron chi connectivity index (χ4n) is 3.32. The number of nitrogens with zero attached hydrogens (tertiary/aromatic N) is 5. The summed E-state index contributed by atoms with van der Waals surface area (Å²) in [6.07, 6.45) is 9.61. The summed E-state index contributed by atoms with van der Waals surface area (Å²) in [4.78, 5) is 9.00. The van der Waals surface area contributed by atoms with Crippen molar-refractivity contribution in [3.8, 4) is 23.1 Å². The highest BCUT2D eigenvalue weighted by Gasteiger charge is 2.18. The van der Waals surface area contributed by atoms with Gasteiger partial charge in [-0.1, -0.05) is 6.42 Å². The van der Waals surface area contributed by atoms with Crippen molar-refractivity contribution in [3.63, 3.8) is 0 Å². The highest BCUT2D eigenvalue weighted by atomic mass is 16.5. The number of aliphatic hydroxyl groups excluding tert-OH is 1. The zero-order chi connectivity index (χ0) is 20.1. The molecular weight excluding hydrogens is 366 g/mol. The van der Waals surface area contributed by atoms with E-state index in [2.05, 4.69) is 21.1 Å². The zero-order valence-electron chi connectivity index (χ0n) is 16.2. The predicted molar refractivity (Wildman–Crippen MR) is 107 cm³/mol. The van der Waals surface area contributed by atoms with Crippen molar-refractivity contribution in [1.29, 1.82) is 5.26 Å². The summed E-state index contributed by atoms with van der Waals surface area (Å²) in [5.74, 6) is 1.93. The Bertz CT molecular complexity index is 1020. The molecular formula is C22H23N5O2. The van der Waals surface area contributed by atoms with Crippen molar-refractivity contribution in [2.75, 3.05) is 13.2 Å². The molecule has 0 aliphatic heterocycles. The molecule has 7 heteroatoms. The molecule has 0 spiro atoms. The van der Waals surface area contributed by atoms with Crippen molar-refractivity contribution >= 4 is 0 Å². The Kier molecular flexibility index (Phi) is 5.82. The van der Waals surface area contributed by atoms with E-state index in [0.717, 1.165) is 16.8 Å². The summed E-state index contributed by atoms with van der Waals surface area (Å²) in [6.45, 7) is 1.19. The van der Waals surface area contributed by atoms with E-state index in [9.17, 15) is 5.26 Å². The van der Waals surface area contributed by atoms with Crippen LogP contribution in [0.5, 0.6) is 5.75 Å². The van der Waals surface area contributed by atoms with Crippen LogP contribution >= 0.6 is 0 Å². The summed E-state index contributed by atoms with van der Waals surface area (Å²) >= 11 is 0. The summed E-state index contributed by atoms with van der Waals surface area (Å²) in [5.41, 5.74) is 3.12. The molecule has 29 heavy (non-hydrogen) atoms. The predicted octanol–water partition coefficient (Wildman–Crippen LogP) is 2.97. The second kappa shape index (κ2) is 8.84. The van der Waals surface area contributed by atoms with Crippen LogP contribution in [-0.4, -0.2) is 38.1 Å². The van der Waals surface area contributed by atoms with Crippen LogP contribution in [0.25, 0.3) is 11.3 Å². The number of aliphatic hydroxyl groups is 1. The molecule has 0 radical (unpaired) electrons. The van der Waals surface area contributed by atoms with Crippen molar-refractivity contribution < 1.29 is 9.84 Å². The molecule has 1 N–H and O–H groups in total. The van der Waals surface area contributed by atoms with Gasteiger partial charge >= 0.3 is 0 Å². The van der Waals surface area contributed by atoms with Crippen LogP contribution in [0, 0.1) is 17.2 Å². The van der Waals surface area contributed by atoms with Crippen LogP contribution in [0.1, 0.15) is 36.2 Å². The van der Waals surface area contributed by atoms with Gasteiger partial charge in [-0.25, -0.2) is 9.97 Å². The van der Waals surface area contributed by atoms with Crippen molar-refractivity contribution in [1.82, 2.24) is 19.7 Å². The Morgan fingerprint density at radius 3 is 2.93 bits per heavy atom. The van der Waals surface area contributed by atoms with Crippen LogP contribution in [0.2, 0.25) is 0 Å². The molecule has 1 aromatic carbocycles. The lowest BCUT2D eigenvalue weighted by Crippen LogP contribution is -2.19. The van der Waals surface area contributed by atoms with E-state index in [4.69, 9.17) is 9.84 Å². The fraction of sp³-hybridized carbons (Fsp3) is 0.364. The standard InChI is InChI=1S/C22H23N5O2/c23-12-19-11-18(4-5-21(19)29-15-16-2-1-3-16)20-6-7-24-22(26-20)10-17-13-25-27(14-17)8-9-28/h4-7,11,13-14,16,28H,1-3,8-10,15H2. The second-order valence-corrected chi connectivity index (χ2v) is 7.30. The highest BCUT2D eigenvalue weighted by Crippen LogP contribution is 2.29. The lowest BCUT2D eigenvalue weighted by atomic mass is 9.86. The maximum atomic E-state index is 9.53. The molecule has 0 atom stereocenters. The van der Waals surface area contributed by atoms with Gasteiger partial charge in [-0.2, -0.15) is 10.4 Å². The smallest absolute Gasteiger partial charge is 0.137 e. The van der Waals surface area contributed by atoms with Crippen LogP contribution in [0.3, 0.4) is 0 Å². The normalized spacial score (nSPS) is 13.7. The molecule has 0 bridgehead atoms. The van der Waals surface area contributed by atoms with Crippen LogP contribution in [-0.2, 0) is 13.0 Å². The summed E-state index contributed by atoms with van der Waals surface area (Å²) in [6, 6.07) is 9.68. The van der Waals surface area contributed by atoms with Gasteiger partial charge in [0.05, 0.1) is 37.2 Å². The number of hydrogen-bond acceptors (Lipinski definition) is 6. The van der Waals surface area contributed by atoms with E-state index in [-0.39, 0.29) is 6.61 Å². The lowest BCUT2D eigenvalue weighted by molar-refractivity contribution is 0.180. The minimum absolute atomic E-state index is 0.0503. The molecule has 2 heterocycles. The maximum Gasteiger partial charge on any atom is 0.137 e. The number of aromatic nitrogens is 4. The topological polar surface area (TPSA) is 96.9 Å².